The van der Waals surface area contributed by atoms with E-state index in [1.54, 1.807) is 27.4 Å². The van der Waals surface area contributed by atoms with Crippen LogP contribution in [0.25, 0.3) is 0 Å². The second-order valence-corrected chi connectivity index (χ2v) is 9.56. The van der Waals surface area contributed by atoms with Gasteiger partial charge in [-0.25, -0.2) is 9.97 Å². The predicted molar refractivity (Wildman–Crippen MR) is 140 cm³/mol. The number of hydrogen-bond acceptors (Lipinski definition) is 8. The summed E-state index contributed by atoms with van der Waals surface area (Å²) in [5, 5.41) is 7.20. The number of ether oxygens (including phenoxy) is 3. The van der Waals surface area contributed by atoms with Gasteiger partial charge in [-0.2, -0.15) is 0 Å². The summed E-state index contributed by atoms with van der Waals surface area (Å²) in [5.74, 6) is 1.26. The van der Waals surface area contributed by atoms with Crippen LogP contribution in [0.3, 0.4) is 0 Å². The predicted octanol–water partition coefficient (Wildman–Crippen LogP) is 4.36. The molecule has 3 unspecified atom stereocenters. The normalized spacial score (nSPS) is 21.4. The van der Waals surface area contributed by atoms with E-state index in [-0.39, 0.29) is 24.2 Å². The maximum Gasteiger partial charge on any atom is 0.243 e. The molecule has 0 radical (unpaired) electrons. The number of carbonyl (C=O) groups excluding carboxylic acids is 1. The molecule has 194 valence electrons. The molecule has 1 aromatic carbocycles. The summed E-state index contributed by atoms with van der Waals surface area (Å²) in [7, 11) is 4.72. The van der Waals surface area contributed by atoms with Gasteiger partial charge in [-0.3, -0.25) is 4.79 Å². The Morgan fingerprint density at radius 1 is 1.14 bits per heavy atom. The topological polar surface area (TPSA) is 97.8 Å². The minimum absolute atomic E-state index is 0.00146. The van der Waals surface area contributed by atoms with Crippen molar-refractivity contribution in [3.63, 3.8) is 0 Å². The van der Waals surface area contributed by atoms with Crippen LogP contribution in [-0.4, -0.2) is 55.5 Å². The first-order valence-corrected chi connectivity index (χ1v) is 12.6. The van der Waals surface area contributed by atoms with Gasteiger partial charge in [-0.15, -0.1) is 0 Å². The van der Waals surface area contributed by atoms with Crippen molar-refractivity contribution in [2.45, 2.75) is 57.0 Å². The van der Waals surface area contributed by atoms with Gasteiger partial charge >= 0.3 is 0 Å². The van der Waals surface area contributed by atoms with Crippen LogP contribution >= 0.6 is 23.2 Å². The number of hydrogen-bond donors (Lipinski definition) is 2. The molecule has 1 aliphatic heterocycles. The molecule has 1 aliphatic carbocycles. The Morgan fingerprint density at radius 3 is 2.42 bits per heavy atom. The number of anilines is 2. The Balaban J connectivity index is 1.60. The molecule has 1 amide bonds. The van der Waals surface area contributed by atoms with Crippen LogP contribution in [-0.2, 0) is 22.5 Å². The molecule has 3 atom stereocenters. The summed E-state index contributed by atoms with van der Waals surface area (Å²) in [4.78, 5) is 23.2. The Kier molecular flexibility index (Phi) is 8.43. The first kappa shape index (κ1) is 26.3. The smallest absolute Gasteiger partial charge is 0.243 e. The van der Waals surface area contributed by atoms with Crippen molar-refractivity contribution >= 4 is 40.7 Å². The van der Waals surface area contributed by atoms with E-state index in [0.717, 1.165) is 36.9 Å². The second kappa shape index (κ2) is 11.5. The van der Waals surface area contributed by atoms with E-state index < -0.39 is 0 Å². The average molecular weight is 536 g/mol. The highest BCUT2D eigenvalue weighted by molar-refractivity contribution is 6.41. The molecule has 1 aromatic heterocycles. The van der Waals surface area contributed by atoms with Crippen LogP contribution in [0.5, 0.6) is 11.5 Å². The molecule has 11 heteroatoms. The summed E-state index contributed by atoms with van der Waals surface area (Å²) < 4.78 is 16.7. The van der Waals surface area contributed by atoms with Crippen molar-refractivity contribution in [3.05, 3.63) is 46.2 Å². The molecule has 2 aromatic rings. The van der Waals surface area contributed by atoms with Crippen molar-refractivity contribution < 1.29 is 19.0 Å². The van der Waals surface area contributed by atoms with Gasteiger partial charge in [-0.05, 0) is 18.9 Å². The Hall–Kier alpha value is -2.75. The minimum atomic E-state index is -0.374. The van der Waals surface area contributed by atoms with Gasteiger partial charge < -0.3 is 29.7 Å². The number of carbonyl (C=O) groups is 1. The lowest BCUT2D eigenvalue weighted by Crippen LogP contribution is -2.48. The van der Waals surface area contributed by atoms with Crippen LogP contribution in [0.4, 0.5) is 11.6 Å². The fourth-order valence-corrected chi connectivity index (χ4v) is 5.54. The average Bonchev–Trinajstić information content (AvgIpc) is 2.89. The summed E-state index contributed by atoms with van der Waals surface area (Å²) in [6.07, 6.45) is 7.20. The number of nitrogens with zero attached hydrogens (tertiary/aromatic N) is 3. The first-order chi connectivity index (χ1) is 17.4. The molecule has 36 heavy (non-hydrogen) atoms. The Bertz CT molecular complexity index is 1100. The third-order valence-corrected chi connectivity index (χ3v) is 7.44. The molecule has 0 saturated heterocycles. The third-order valence-electron chi connectivity index (χ3n) is 6.71. The number of methoxy groups -OCH3 is 3. The zero-order valence-electron chi connectivity index (χ0n) is 20.6. The van der Waals surface area contributed by atoms with E-state index in [4.69, 9.17) is 42.4 Å². The summed E-state index contributed by atoms with van der Waals surface area (Å²) in [6, 6.07) is 1.70. The van der Waals surface area contributed by atoms with E-state index >= 15 is 0 Å². The summed E-state index contributed by atoms with van der Waals surface area (Å²) >= 11 is 13.4. The van der Waals surface area contributed by atoms with Crippen molar-refractivity contribution in [2.24, 2.45) is 0 Å². The molecule has 9 nitrogen and oxygen atoms in total. The molecule has 2 heterocycles. The SMILES string of the molecule is C=CC(=O)NC1CCCCC1Nc1ncc2c(n1)CC(OC)N(c1c(Cl)c(OC)cc(OC)c1Cl)C2. The lowest BCUT2D eigenvalue weighted by Gasteiger charge is -2.38. The maximum absolute atomic E-state index is 11.9. The highest BCUT2D eigenvalue weighted by atomic mass is 35.5. The molecule has 4 rings (SSSR count). The molecular weight excluding hydrogens is 505 g/mol. The quantitative estimate of drug-likeness (QED) is 0.481. The van der Waals surface area contributed by atoms with Crippen LogP contribution in [0.15, 0.2) is 24.9 Å². The van der Waals surface area contributed by atoms with E-state index in [1.807, 2.05) is 11.1 Å². The van der Waals surface area contributed by atoms with E-state index in [1.165, 1.54) is 6.08 Å². The number of nitrogens with one attached hydrogen (secondary N) is 2. The Morgan fingerprint density at radius 2 is 1.81 bits per heavy atom. The second-order valence-electron chi connectivity index (χ2n) is 8.80. The van der Waals surface area contributed by atoms with Gasteiger partial charge in [0.05, 0.1) is 25.6 Å². The monoisotopic (exact) mass is 535 g/mol. The number of benzene rings is 1. The minimum Gasteiger partial charge on any atom is -0.495 e. The van der Waals surface area contributed by atoms with Gasteiger partial charge in [-0.1, -0.05) is 42.6 Å². The van der Waals surface area contributed by atoms with Crippen molar-refractivity contribution in [3.8, 4) is 11.5 Å². The molecule has 1 saturated carbocycles. The van der Waals surface area contributed by atoms with E-state index in [9.17, 15) is 4.79 Å². The highest BCUT2D eigenvalue weighted by Crippen LogP contribution is 2.48. The van der Waals surface area contributed by atoms with Crippen LogP contribution in [0.2, 0.25) is 10.0 Å². The van der Waals surface area contributed by atoms with Gasteiger partial charge in [0, 0.05) is 50.0 Å². The van der Waals surface area contributed by atoms with E-state index in [0.29, 0.717) is 46.1 Å². The molecule has 2 N–H and O–H groups in total. The zero-order chi connectivity index (χ0) is 25.8. The number of halogens is 2. The highest BCUT2D eigenvalue weighted by Gasteiger charge is 2.33. The number of aromatic nitrogens is 2. The number of rotatable bonds is 8. The fourth-order valence-electron chi connectivity index (χ4n) is 4.82. The van der Waals surface area contributed by atoms with Gasteiger partial charge in [0.1, 0.15) is 27.8 Å². The van der Waals surface area contributed by atoms with Crippen LogP contribution in [0, 0.1) is 0 Å². The van der Waals surface area contributed by atoms with Crippen molar-refractivity contribution in [1.29, 1.82) is 0 Å². The molecule has 1 fully saturated rings. The Labute approximate surface area is 221 Å². The summed E-state index contributed by atoms with van der Waals surface area (Å²) in [6.45, 7) is 3.99. The molecule has 0 spiro atoms. The van der Waals surface area contributed by atoms with E-state index in [2.05, 4.69) is 22.2 Å². The largest absolute Gasteiger partial charge is 0.495 e. The zero-order valence-corrected chi connectivity index (χ0v) is 22.2. The van der Waals surface area contributed by atoms with Crippen LogP contribution < -0.4 is 25.0 Å². The lowest BCUT2D eigenvalue weighted by molar-refractivity contribution is -0.117. The van der Waals surface area contributed by atoms with Crippen molar-refractivity contribution in [1.82, 2.24) is 15.3 Å². The van der Waals surface area contributed by atoms with Crippen molar-refractivity contribution in [2.75, 3.05) is 31.5 Å². The van der Waals surface area contributed by atoms with Gasteiger partial charge in [0.15, 0.2) is 0 Å². The fraction of sp³-hybridized carbons (Fsp3) is 0.480. The molecule has 0 bridgehead atoms. The molecular formula is C25H31Cl2N5O4. The summed E-state index contributed by atoms with van der Waals surface area (Å²) in [5.41, 5.74) is 2.38. The van der Waals surface area contributed by atoms with Crippen LogP contribution in [0.1, 0.15) is 36.9 Å². The van der Waals surface area contributed by atoms with Gasteiger partial charge in [0.2, 0.25) is 11.9 Å². The maximum atomic E-state index is 11.9. The number of fused-ring (bicyclic) bond motifs is 1. The van der Waals surface area contributed by atoms with Gasteiger partial charge in [0.25, 0.3) is 0 Å². The third kappa shape index (κ3) is 5.33. The standard InChI is InChI=1S/C25H31Cl2N5O4/c1-5-20(33)29-15-8-6-7-9-16(15)30-25-28-12-14-13-32(21(36-4)10-17(14)31-25)24-22(26)18(34-2)11-19(35-3)23(24)27/h5,11-12,15-16,21H,1,6-10,13H2,2-4H3,(H,29,33)(H,28,30,31). The lowest BCUT2D eigenvalue weighted by atomic mass is 9.90. The first-order valence-electron chi connectivity index (χ1n) is 11.8. The molecule has 2 aliphatic rings. The number of amides is 1.